The molecule has 1 amide bonds. The van der Waals surface area contributed by atoms with Gasteiger partial charge >= 0.3 is 0 Å². The Morgan fingerprint density at radius 1 is 1.13 bits per heavy atom. The molecule has 2 aromatic carbocycles. The van der Waals surface area contributed by atoms with Crippen molar-refractivity contribution >= 4 is 27.1 Å². The second-order valence-electron chi connectivity index (χ2n) is 4.80. The normalized spacial score (nSPS) is 11.2. The first-order valence-electron chi connectivity index (χ1n) is 6.67. The van der Waals surface area contributed by atoms with Crippen LogP contribution < -0.4 is 11.1 Å². The van der Waals surface area contributed by atoms with Gasteiger partial charge in [0.1, 0.15) is 5.75 Å². The number of aromatic hydroxyl groups is 1. The van der Waals surface area contributed by atoms with Gasteiger partial charge in [-0.25, -0.2) is 8.42 Å². The average molecular weight is 336 g/mol. The van der Waals surface area contributed by atoms with Gasteiger partial charge in [-0.3, -0.25) is 4.79 Å². The van der Waals surface area contributed by atoms with E-state index in [1.807, 2.05) is 0 Å². The standard InChI is InChI=1S/C15H16N2O5S/c16-11-3-1-10(2-4-11)15(20)17-13-9-12(5-6-14(13)19)23(21,22)8-7-18/h1-6,9,18-19H,7-8,16H2,(H,17,20). The highest BCUT2D eigenvalue weighted by atomic mass is 32.2. The smallest absolute Gasteiger partial charge is 0.255 e. The molecule has 122 valence electrons. The molecule has 7 nitrogen and oxygen atoms in total. The van der Waals surface area contributed by atoms with Crippen molar-refractivity contribution < 1.29 is 23.4 Å². The fourth-order valence-corrected chi connectivity index (χ4v) is 2.92. The van der Waals surface area contributed by atoms with Crippen LogP contribution in [0.15, 0.2) is 47.4 Å². The summed E-state index contributed by atoms with van der Waals surface area (Å²) in [6, 6.07) is 9.65. The Hall–Kier alpha value is -2.58. The van der Waals surface area contributed by atoms with Gasteiger partial charge in [0, 0.05) is 11.3 Å². The van der Waals surface area contributed by atoms with Crippen molar-refractivity contribution in [3.05, 3.63) is 48.0 Å². The minimum absolute atomic E-state index is 0.0363. The molecule has 2 rings (SSSR count). The number of benzene rings is 2. The lowest BCUT2D eigenvalue weighted by atomic mass is 10.2. The van der Waals surface area contributed by atoms with Crippen molar-refractivity contribution in [1.29, 1.82) is 0 Å². The summed E-state index contributed by atoms with van der Waals surface area (Å²) in [5, 5.41) is 21.0. The molecule has 0 aliphatic carbocycles. The third-order valence-electron chi connectivity index (χ3n) is 3.11. The second-order valence-corrected chi connectivity index (χ2v) is 6.91. The largest absolute Gasteiger partial charge is 0.506 e. The number of phenolic OH excluding ortho intramolecular Hbond substituents is 1. The molecule has 2 aromatic rings. The van der Waals surface area contributed by atoms with Crippen LogP contribution in [0.4, 0.5) is 11.4 Å². The molecule has 0 radical (unpaired) electrons. The monoisotopic (exact) mass is 336 g/mol. The van der Waals surface area contributed by atoms with Crippen molar-refractivity contribution in [2.45, 2.75) is 4.90 Å². The minimum atomic E-state index is -3.68. The number of phenols is 1. The zero-order valence-electron chi connectivity index (χ0n) is 12.1. The molecule has 0 fully saturated rings. The van der Waals surface area contributed by atoms with E-state index in [0.29, 0.717) is 11.3 Å². The van der Waals surface area contributed by atoms with Crippen LogP contribution in [0.3, 0.4) is 0 Å². The number of hydrogen-bond acceptors (Lipinski definition) is 6. The Bertz CT molecular complexity index is 816. The Morgan fingerprint density at radius 3 is 2.39 bits per heavy atom. The van der Waals surface area contributed by atoms with Gasteiger partial charge < -0.3 is 21.3 Å². The Balaban J connectivity index is 2.29. The maximum Gasteiger partial charge on any atom is 0.255 e. The molecule has 0 aliphatic heterocycles. The lowest BCUT2D eigenvalue weighted by Gasteiger charge is -2.10. The SMILES string of the molecule is Nc1ccc(C(=O)Nc2cc(S(=O)(=O)CCO)ccc2O)cc1. The number of nitrogen functional groups attached to an aromatic ring is 1. The van der Waals surface area contributed by atoms with Crippen molar-refractivity contribution in [3.8, 4) is 5.75 Å². The van der Waals surface area contributed by atoms with Gasteiger partial charge in [0.05, 0.1) is 22.9 Å². The first kappa shape index (κ1) is 16.8. The van der Waals surface area contributed by atoms with E-state index < -0.39 is 28.1 Å². The summed E-state index contributed by atoms with van der Waals surface area (Å²) in [6.45, 7) is -0.518. The maximum atomic E-state index is 12.1. The quantitative estimate of drug-likeness (QED) is 0.476. The van der Waals surface area contributed by atoms with E-state index >= 15 is 0 Å². The topological polar surface area (TPSA) is 130 Å². The van der Waals surface area contributed by atoms with E-state index in [1.54, 1.807) is 12.1 Å². The van der Waals surface area contributed by atoms with Crippen molar-refractivity contribution in [2.24, 2.45) is 0 Å². The Morgan fingerprint density at radius 2 is 1.78 bits per heavy atom. The molecule has 0 saturated carbocycles. The molecule has 0 aliphatic rings. The van der Waals surface area contributed by atoms with Crippen molar-refractivity contribution in [2.75, 3.05) is 23.4 Å². The Labute approximate surface area is 133 Å². The molecule has 23 heavy (non-hydrogen) atoms. The molecule has 0 bridgehead atoms. The summed E-state index contributed by atoms with van der Waals surface area (Å²) in [7, 11) is -3.68. The molecule has 0 unspecified atom stereocenters. The van der Waals surface area contributed by atoms with Crippen LogP contribution in [0.1, 0.15) is 10.4 Å². The number of nitrogens with one attached hydrogen (secondary N) is 1. The molecule has 0 spiro atoms. The van der Waals surface area contributed by atoms with E-state index in [0.717, 1.165) is 6.07 Å². The lowest BCUT2D eigenvalue weighted by Crippen LogP contribution is -2.14. The number of aliphatic hydroxyl groups is 1. The number of sulfone groups is 1. The molecule has 5 N–H and O–H groups in total. The average Bonchev–Trinajstić information content (AvgIpc) is 2.49. The van der Waals surface area contributed by atoms with Gasteiger partial charge in [-0.1, -0.05) is 0 Å². The second kappa shape index (κ2) is 6.67. The van der Waals surface area contributed by atoms with E-state index in [1.165, 1.54) is 24.3 Å². The van der Waals surface area contributed by atoms with Crippen LogP contribution in [0, 0.1) is 0 Å². The molecular formula is C15H16N2O5S. The lowest BCUT2D eigenvalue weighted by molar-refractivity contribution is 0.102. The fraction of sp³-hybridized carbons (Fsp3) is 0.133. The number of carbonyl (C=O) groups is 1. The van der Waals surface area contributed by atoms with Crippen molar-refractivity contribution in [1.82, 2.24) is 0 Å². The van der Waals surface area contributed by atoms with Gasteiger partial charge in [-0.2, -0.15) is 0 Å². The zero-order chi connectivity index (χ0) is 17.0. The molecule has 0 aromatic heterocycles. The van der Waals surface area contributed by atoms with Crippen LogP contribution in [-0.2, 0) is 9.84 Å². The van der Waals surface area contributed by atoms with Gasteiger partial charge in [-0.15, -0.1) is 0 Å². The minimum Gasteiger partial charge on any atom is -0.506 e. The summed E-state index contributed by atoms with van der Waals surface area (Å²) in [6.07, 6.45) is 0. The number of aliphatic hydroxyl groups excluding tert-OH is 1. The van der Waals surface area contributed by atoms with E-state index in [9.17, 15) is 18.3 Å². The van der Waals surface area contributed by atoms with Gasteiger partial charge in [0.25, 0.3) is 5.91 Å². The predicted molar refractivity (Wildman–Crippen MR) is 86.1 cm³/mol. The summed E-state index contributed by atoms with van der Waals surface area (Å²) in [5.41, 5.74) is 6.31. The van der Waals surface area contributed by atoms with Crippen LogP contribution in [0.2, 0.25) is 0 Å². The number of hydrogen-bond donors (Lipinski definition) is 4. The number of nitrogens with two attached hydrogens (primary N) is 1. The Kier molecular flexibility index (Phi) is 4.87. The summed E-state index contributed by atoms with van der Waals surface area (Å²) >= 11 is 0. The van der Waals surface area contributed by atoms with Gasteiger partial charge in [0.15, 0.2) is 9.84 Å². The highest BCUT2D eigenvalue weighted by molar-refractivity contribution is 7.91. The van der Waals surface area contributed by atoms with E-state index in [4.69, 9.17) is 10.8 Å². The maximum absolute atomic E-state index is 12.1. The van der Waals surface area contributed by atoms with Gasteiger partial charge in [-0.05, 0) is 42.5 Å². The third kappa shape index (κ3) is 3.99. The number of rotatable bonds is 5. The molecule has 0 atom stereocenters. The summed E-state index contributed by atoms with van der Waals surface area (Å²) < 4.78 is 23.8. The zero-order valence-corrected chi connectivity index (χ0v) is 12.9. The van der Waals surface area contributed by atoms with Crippen LogP contribution in [0.25, 0.3) is 0 Å². The van der Waals surface area contributed by atoms with E-state index in [-0.39, 0.29) is 16.3 Å². The summed E-state index contributed by atoms with van der Waals surface area (Å²) in [4.78, 5) is 12.0. The predicted octanol–water partition coefficient (Wildman–Crippen LogP) is 0.993. The van der Waals surface area contributed by atoms with Crippen LogP contribution >= 0.6 is 0 Å². The van der Waals surface area contributed by atoms with Gasteiger partial charge in [0.2, 0.25) is 0 Å². The molecular weight excluding hydrogens is 320 g/mol. The molecule has 0 saturated heterocycles. The number of anilines is 2. The third-order valence-corrected chi connectivity index (χ3v) is 4.80. The number of carbonyl (C=O) groups excluding carboxylic acids is 1. The first-order valence-corrected chi connectivity index (χ1v) is 8.32. The number of amides is 1. The van der Waals surface area contributed by atoms with Crippen LogP contribution in [-0.4, -0.2) is 36.9 Å². The first-order chi connectivity index (χ1) is 10.8. The fourth-order valence-electron chi connectivity index (χ4n) is 1.88. The summed E-state index contributed by atoms with van der Waals surface area (Å²) in [5.74, 6) is -1.22. The highest BCUT2D eigenvalue weighted by Gasteiger charge is 2.17. The highest BCUT2D eigenvalue weighted by Crippen LogP contribution is 2.27. The molecule has 8 heteroatoms. The van der Waals surface area contributed by atoms with Crippen LogP contribution in [0.5, 0.6) is 5.75 Å². The van der Waals surface area contributed by atoms with E-state index in [2.05, 4.69) is 5.32 Å². The van der Waals surface area contributed by atoms with Crippen molar-refractivity contribution in [3.63, 3.8) is 0 Å². The molecule has 0 heterocycles.